The number of methoxy groups -OCH3 is 1. The molecule has 0 fully saturated rings. The number of hydrogen-bond donors (Lipinski definition) is 1. The molecular weight excluding hydrogens is 328 g/mol. The molecule has 0 unspecified atom stereocenters. The lowest BCUT2D eigenvalue weighted by Crippen LogP contribution is -2.29. The van der Waals surface area contributed by atoms with Crippen LogP contribution in [-0.4, -0.2) is 22.9 Å². The number of ether oxygens (including phenoxy) is 1. The van der Waals surface area contributed by atoms with Crippen molar-refractivity contribution in [2.24, 2.45) is 0 Å². The molecule has 6 nitrogen and oxygen atoms in total. The van der Waals surface area contributed by atoms with Gasteiger partial charge in [0.2, 0.25) is 0 Å². The van der Waals surface area contributed by atoms with Crippen molar-refractivity contribution in [2.75, 3.05) is 7.11 Å². The first kappa shape index (κ1) is 17.4. The van der Waals surface area contributed by atoms with Crippen LogP contribution in [0.1, 0.15) is 22.7 Å². The van der Waals surface area contributed by atoms with Crippen molar-refractivity contribution >= 4 is 5.97 Å². The second-order valence-electron chi connectivity index (χ2n) is 5.69. The minimum atomic E-state index is -0.651. The SMILES string of the molecule is COC(=O)[C@@H](NCc1cccc(-n2cccn2)c1)c1cccc(C#N)c1. The smallest absolute Gasteiger partial charge is 0.327 e. The Kier molecular flexibility index (Phi) is 5.42. The summed E-state index contributed by atoms with van der Waals surface area (Å²) in [6.45, 7) is 0.464. The van der Waals surface area contributed by atoms with Crippen LogP contribution in [0.3, 0.4) is 0 Å². The van der Waals surface area contributed by atoms with E-state index in [2.05, 4.69) is 16.5 Å². The molecule has 0 amide bonds. The number of nitriles is 1. The number of nitrogens with zero attached hydrogens (tertiary/aromatic N) is 3. The Hall–Kier alpha value is -3.43. The Labute approximate surface area is 151 Å². The molecule has 0 saturated carbocycles. The molecule has 2 aromatic carbocycles. The predicted octanol–water partition coefficient (Wildman–Crippen LogP) is 2.75. The highest BCUT2D eigenvalue weighted by atomic mass is 16.5. The molecule has 1 heterocycles. The van der Waals surface area contributed by atoms with Crippen LogP contribution in [0.4, 0.5) is 0 Å². The molecule has 0 bridgehead atoms. The van der Waals surface area contributed by atoms with Gasteiger partial charge in [0, 0.05) is 18.9 Å². The number of esters is 1. The third kappa shape index (κ3) is 3.97. The molecule has 1 atom stereocenters. The van der Waals surface area contributed by atoms with Crippen molar-refractivity contribution in [1.29, 1.82) is 5.26 Å². The van der Waals surface area contributed by atoms with Gasteiger partial charge in [0.1, 0.15) is 6.04 Å². The van der Waals surface area contributed by atoms with Crippen LogP contribution in [0.25, 0.3) is 5.69 Å². The van der Waals surface area contributed by atoms with Crippen molar-refractivity contribution in [3.8, 4) is 11.8 Å². The molecule has 26 heavy (non-hydrogen) atoms. The van der Waals surface area contributed by atoms with Crippen LogP contribution >= 0.6 is 0 Å². The van der Waals surface area contributed by atoms with Crippen LogP contribution in [0.15, 0.2) is 67.0 Å². The average molecular weight is 346 g/mol. The van der Waals surface area contributed by atoms with Gasteiger partial charge in [-0.25, -0.2) is 9.48 Å². The minimum absolute atomic E-state index is 0.400. The number of hydrogen-bond acceptors (Lipinski definition) is 5. The summed E-state index contributed by atoms with van der Waals surface area (Å²) in [4.78, 5) is 12.2. The monoisotopic (exact) mass is 346 g/mol. The Morgan fingerprint density at radius 1 is 1.27 bits per heavy atom. The van der Waals surface area contributed by atoms with Gasteiger partial charge in [-0.15, -0.1) is 0 Å². The normalized spacial score (nSPS) is 11.5. The van der Waals surface area contributed by atoms with E-state index >= 15 is 0 Å². The van der Waals surface area contributed by atoms with E-state index in [1.807, 2.05) is 36.5 Å². The topological polar surface area (TPSA) is 79.9 Å². The number of aromatic nitrogens is 2. The largest absolute Gasteiger partial charge is 0.468 e. The summed E-state index contributed by atoms with van der Waals surface area (Å²) >= 11 is 0. The molecule has 0 aliphatic carbocycles. The van der Waals surface area contributed by atoms with Crippen LogP contribution < -0.4 is 5.32 Å². The van der Waals surface area contributed by atoms with Gasteiger partial charge in [0.15, 0.2) is 0 Å². The molecule has 0 aliphatic heterocycles. The number of benzene rings is 2. The van der Waals surface area contributed by atoms with Gasteiger partial charge in [0.05, 0.1) is 24.4 Å². The van der Waals surface area contributed by atoms with Crippen molar-refractivity contribution in [3.63, 3.8) is 0 Å². The Balaban J connectivity index is 1.79. The number of rotatable bonds is 6. The molecule has 0 aliphatic rings. The highest BCUT2D eigenvalue weighted by Gasteiger charge is 2.21. The van der Waals surface area contributed by atoms with Crippen LogP contribution in [0, 0.1) is 11.3 Å². The van der Waals surface area contributed by atoms with E-state index in [1.54, 1.807) is 35.1 Å². The maximum atomic E-state index is 12.2. The summed E-state index contributed by atoms with van der Waals surface area (Å²) in [6, 6.07) is 18.1. The van der Waals surface area contributed by atoms with Gasteiger partial charge in [-0.1, -0.05) is 24.3 Å². The zero-order valence-electron chi connectivity index (χ0n) is 14.3. The fraction of sp³-hybridized carbons (Fsp3) is 0.150. The highest BCUT2D eigenvalue weighted by molar-refractivity contribution is 5.77. The van der Waals surface area contributed by atoms with E-state index in [0.717, 1.165) is 11.3 Å². The van der Waals surface area contributed by atoms with Gasteiger partial charge in [0.25, 0.3) is 0 Å². The summed E-state index contributed by atoms with van der Waals surface area (Å²) in [5, 5.41) is 16.5. The molecule has 0 spiro atoms. The first-order valence-electron chi connectivity index (χ1n) is 8.11. The predicted molar refractivity (Wildman–Crippen MR) is 96.3 cm³/mol. The molecule has 0 radical (unpaired) electrons. The van der Waals surface area contributed by atoms with Gasteiger partial charge < -0.3 is 4.74 Å². The Morgan fingerprint density at radius 2 is 2.12 bits per heavy atom. The molecule has 130 valence electrons. The number of carbonyl (C=O) groups excluding carboxylic acids is 1. The van der Waals surface area contributed by atoms with Gasteiger partial charge in [-0.3, -0.25) is 5.32 Å². The molecule has 3 aromatic rings. The van der Waals surface area contributed by atoms with Crippen molar-refractivity contribution in [3.05, 3.63) is 83.7 Å². The van der Waals surface area contributed by atoms with Crippen molar-refractivity contribution in [2.45, 2.75) is 12.6 Å². The third-order valence-corrected chi connectivity index (χ3v) is 3.98. The fourth-order valence-electron chi connectivity index (χ4n) is 2.69. The fourth-order valence-corrected chi connectivity index (χ4v) is 2.69. The first-order chi connectivity index (χ1) is 12.7. The van der Waals surface area contributed by atoms with Crippen LogP contribution in [-0.2, 0) is 16.1 Å². The summed E-state index contributed by atoms with van der Waals surface area (Å²) in [6.07, 6.45) is 3.59. The third-order valence-electron chi connectivity index (χ3n) is 3.98. The zero-order valence-corrected chi connectivity index (χ0v) is 14.3. The molecule has 1 aromatic heterocycles. The van der Waals surface area contributed by atoms with Crippen LogP contribution in [0.5, 0.6) is 0 Å². The summed E-state index contributed by atoms with van der Waals surface area (Å²) < 4.78 is 6.69. The van der Waals surface area contributed by atoms with Crippen molar-refractivity contribution < 1.29 is 9.53 Å². The average Bonchev–Trinajstić information content (AvgIpc) is 3.23. The first-order valence-corrected chi connectivity index (χ1v) is 8.11. The summed E-state index contributed by atoms with van der Waals surface area (Å²) in [5.74, 6) is -0.400. The van der Waals surface area contributed by atoms with E-state index in [-0.39, 0.29) is 0 Å². The number of nitrogens with one attached hydrogen (secondary N) is 1. The second-order valence-corrected chi connectivity index (χ2v) is 5.69. The van der Waals surface area contributed by atoms with Gasteiger partial charge in [-0.05, 0) is 41.5 Å². The lowest BCUT2D eigenvalue weighted by Gasteiger charge is -2.17. The van der Waals surface area contributed by atoms with Gasteiger partial charge in [-0.2, -0.15) is 10.4 Å². The molecular formula is C20H18N4O2. The Morgan fingerprint density at radius 3 is 2.85 bits per heavy atom. The van der Waals surface area contributed by atoms with E-state index in [4.69, 9.17) is 10.00 Å². The zero-order chi connectivity index (χ0) is 18.4. The maximum absolute atomic E-state index is 12.2. The highest BCUT2D eigenvalue weighted by Crippen LogP contribution is 2.18. The maximum Gasteiger partial charge on any atom is 0.327 e. The standard InChI is InChI=1S/C20H18N4O2/c1-26-20(25)19(17-7-2-5-15(11-17)13-21)22-14-16-6-3-8-18(12-16)24-10-4-9-23-24/h2-12,19,22H,14H2,1H3/t19-/m0/s1. The molecule has 3 rings (SSSR count). The lowest BCUT2D eigenvalue weighted by molar-refractivity contribution is -0.143. The van der Waals surface area contributed by atoms with Crippen LogP contribution in [0.2, 0.25) is 0 Å². The van der Waals surface area contributed by atoms with Crippen molar-refractivity contribution in [1.82, 2.24) is 15.1 Å². The molecule has 1 N–H and O–H groups in total. The quantitative estimate of drug-likeness (QED) is 0.694. The lowest BCUT2D eigenvalue weighted by atomic mass is 10.0. The van der Waals surface area contributed by atoms with E-state index in [1.165, 1.54) is 7.11 Å². The van der Waals surface area contributed by atoms with E-state index < -0.39 is 12.0 Å². The van der Waals surface area contributed by atoms with E-state index in [0.29, 0.717) is 17.7 Å². The van der Waals surface area contributed by atoms with E-state index in [9.17, 15) is 4.79 Å². The molecule has 6 heteroatoms. The second kappa shape index (κ2) is 8.10. The Bertz CT molecular complexity index is 929. The number of carbonyl (C=O) groups is 1. The van der Waals surface area contributed by atoms with Gasteiger partial charge >= 0.3 is 5.97 Å². The molecule has 0 saturated heterocycles. The minimum Gasteiger partial charge on any atom is -0.468 e. The summed E-state index contributed by atoms with van der Waals surface area (Å²) in [7, 11) is 1.35. The summed E-state index contributed by atoms with van der Waals surface area (Å²) in [5.41, 5.74) is 3.14.